The molecular weight excluding hydrogens is 292 g/mol. The zero-order chi connectivity index (χ0) is 14.9. The SMILES string of the molecule is Cc1cc(CNS(=O)(=O)c2cccc(N)c2C)sc1C. The predicted octanol–water partition coefficient (Wildman–Crippen LogP) is 2.73. The first kappa shape index (κ1) is 15.0. The van der Waals surface area contributed by atoms with Crippen LogP contribution in [0.3, 0.4) is 0 Å². The van der Waals surface area contributed by atoms with Crippen LogP contribution in [-0.4, -0.2) is 8.42 Å². The molecule has 1 heterocycles. The van der Waals surface area contributed by atoms with E-state index in [9.17, 15) is 8.42 Å². The van der Waals surface area contributed by atoms with E-state index in [1.54, 1.807) is 36.5 Å². The Hall–Kier alpha value is -1.37. The van der Waals surface area contributed by atoms with Crippen molar-refractivity contribution in [1.82, 2.24) is 4.72 Å². The van der Waals surface area contributed by atoms with Crippen molar-refractivity contribution in [2.45, 2.75) is 32.2 Å². The van der Waals surface area contributed by atoms with Gasteiger partial charge in [-0.2, -0.15) is 0 Å². The summed E-state index contributed by atoms with van der Waals surface area (Å²) in [5.74, 6) is 0. The van der Waals surface area contributed by atoms with E-state index < -0.39 is 10.0 Å². The van der Waals surface area contributed by atoms with Crippen molar-refractivity contribution in [2.75, 3.05) is 5.73 Å². The summed E-state index contributed by atoms with van der Waals surface area (Å²) in [4.78, 5) is 2.45. The highest BCUT2D eigenvalue weighted by molar-refractivity contribution is 7.89. The standard InChI is InChI=1S/C14H18N2O2S2/c1-9-7-12(19-11(9)3)8-16-20(17,18)14-6-4-5-13(15)10(14)2/h4-7,16H,8,15H2,1-3H3. The Morgan fingerprint density at radius 1 is 1.25 bits per heavy atom. The van der Waals surface area contributed by atoms with Crippen LogP contribution in [0.4, 0.5) is 5.69 Å². The molecule has 6 heteroatoms. The van der Waals surface area contributed by atoms with Crippen LogP contribution in [-0.2, 0) is 16.6 Å². The van der Waals surface area contributed by atoms with E-state index in [1.807, 2.05) is 19.9 Å². The van der Waals surface area contributed by atoms with E-state index >= 15 is 0 Å². The van der Waals surface area contributed by atoms with Gasteiger partial charge in [0.1, 0.15) is 0 Å². The summed E-state index contributed by atoms with van der Waals surface area (Å²) in [5, 5.41) is 0. The van der Waals surface area contributed by atoms with E-state index in [0.29, 0.717) is 17.8 Å². The Balaban J connectivity index is 2.21. The second kappa shape index (κ2) is 5.55. The number of hydrogen-bond acceptors (Lipinski definition) is 4. The molecule has 0 saturated carbocycles. The first-order valence-corrected chi connectivity index (χ1v) is 8.52. The molecular formula is C14H18N2O2S2. The minimum atomic E-state index is -3.54. The lowest BCUT2D eigenvalue weighted by Gasteiger charge is -2.10. The normalized spacial score (nSPS) is 11.8. The van der Waals surface area contributed by atoms with Crippen molar-refractivity contribution < 1.29 is 8.42 Å². The Morgan fingerprint density at radius 2 is 1.95 bits per heavy atom. The molecule has 0 fully saturated rings. The molecule has 0 radical (unpaired) electrons. The monoisotopic (exact) mass is 310 g/mol. The molecule has 0 spiro atoms. The average molecular weight is 310 g/mol. The molecule has 0 saturated heterocycles. The van der Waals surface area contributed by atoms with Gasteiger partial charge in [0, 0.05) is 22.0 Å². The number of benzene rings is 1. The molecule has 2 aromatic rings. The number of aryl methyl sites for hydroxylation is 2. The lowest BCUT2D eigenvalue weighted by Crippen LogP contribution is -2.23. The maximum atomic E-state index is 12.3. The van der Waals surface area contributed by atoms with Crippen LogP contribution in [0.5, 0.6) is 0 Å². The third-order valence-corrected chi connectivity index (χ3v) is 5.97. The molecule has 1 aromatic heterocycles. The fourth-order valence-corrected chi connectivity index (χ4v) is 4.27. The Bertz CT molecular complexity index is 714. The fourth-order valence-electron chi connectivity index (χ4n) is 1.90. The molecule has 0 atom stereocenters. The lowest BCUT2D eigenvalue weighted by molar-refractivity contribution is 0.581. The first-order valence-electron chi connectivity index (χ1n) is 6.22. The van der Waals surface area contributed by atoms with E-state index in [1.165, 1.54) is 10.4 Å². The summed E-state index contributed by atoms with van der Waals surface area (Å²) >= 11 is 1.61. The highest BCUT2D eigenvalue weighted by Crippen LogP contribution is 2.23. The van der Waals surface area contributed by atoms with E-state index in [2.05, 4.69) is 4.72 Å². The minimum Gasteiger partial charge on any atom is -0.398 e. The van der Waals surface area contributed by atoms with Crippen molar-refractivity contribution in [3.8, 4) is 0 Å². The van der Waals surface area contributed by atoms with Gasteiger partial charge in [-0.25, -0.2) is 13.1 Å². The van der Waals surface area contributed by atoms with Crippen molar-refractivity contribution in [3.63, 3.8) is 0 Å². The van der Waals surface area contributed by atoms with E-state index in [0.717, 1.165) is 4.88 Å². The van der Waals surface area contributed by atoms with Crippen LogP contribution in [0.15, 0.2) is 29.2 Å². The molecule has 2 rings (SSSR count). The summed E-state index contributed by atoms with van der Waals surface area (Å²) < 4.78 is 27.2. The second-order valence-electron chi connectivity index (χ2n) is 4.75. The summed E-state index contributed by atoms with van der Waals surface area (Å²) in [5.41, 5.74) is 8.01. The number of sulfonamides is 1. The smallest absolute Gasteiger partial charge is 0.241 e. The fraction of sp³-hybridized carbons (Fsp3) is 0.286. The van der Waals surface area contributed by atoms with Gasteiger partial charge < -0.3 is 5.73 Å². The van der Waals surface area contributed by atoms with Crippen molar-refractivity contribution >= 4 is 27.0 Å². The Labute approximate surface area is 123 Å². The van der Waals surface area contributed by atoms with Gasteiger partial charge in [0.2, 0.25) is 10.0 Å². The minimum absolute atomic E-state index is 0.238. The third-order valence-electron chi connectivity index (χ3n) is 3.27. The Kier molecular flexibility index (Phi) is 4.17. The maximum Gasteiger partial charge on any atom is 0.241 e. The molecule has 0 amide bonds. The predicted molar refractivity (Wildman–Crippen MR) is 83.4 cm³/mol. The molecule has 0 aliphatic heterocycles. The number of rotatable bonds is 4. The first-order chi connectivity index (χ1) is 9.31. The summed E-state index contributed by atoms with van der Waals surface area (Å²) in [7, 11) is -3.54. The average Bonchev–Trinajstić information content (AvgIpc) is 2.70. The van der Waals surface area contributed by atoms with Crippen LogP contribution >= 0.6 is 11.3 Å². The Morgan fingerprint density at radius 3 is 2.55 bits per heavy atom. The molecule has 4 nitrogen and oxygen atoms in total. The van der Waals surface area contributed by atoms with Gasteiger partial charge in [0.25, 0.3) is 0 Å². The molecule has 0 unspecified atom stereocenters. The van der Waals surface area contributed by atoms with E-state index in [-0.39, 0.29) is 4.90 Å². The summed E-state index contributed by atoms with van der Waals surface area (Å²) in [6.07, 6.45) is 0. The highest BCUT2D eigenvalue weighted by atomic mass is 32.2. The van der Waals surface area contributed by atoms with Gasteiger partial charge >= 0.3 is 0 Å². The number of nitrogens with one attached hydrogen (secondary N) is 1. The topological polar surface area (TPSA) is 72.2 Å². The van der Waals surface area contributed by atoms with Crippen LogP contribution in [0.2, 0.25) is 0 Å². The van der Waals surface area contributed by atoms with Crippen LogP contribution in [0.1, 0.15) is 20.9 Å². The van der Waals surface area contributed by atoms with Gasteiger partial charge in [-0.3, -0.25) is 0 Å². The van der Waals surface area contributed by atoms with Crippen LogP contribution in [0, 0.1) is 20.8 Å². The number of nitrogens with two attached hydrogens (primary N) is 1. The second-order valence-corrected chi connectivity index (χ2v) is 7.82. The van der Waals surface area contributed by atoms with Gasteiger partial charge in [0.15, 0.2) is 0 Å². The van der Waals surface area contributed by atoms with Gasteiger partial charge in [-0.05, 0) is 50.1 Å². The number of anilines is 1. The van der Waals surface area contributed by atoms with Gasteiger partial charge in [-0.1, -0.05) is 6.07 Å². The molecule has 20 heavy (non-hydrogen) atoms. The quantitative estimate of drug-likeness (QED) is 0.853. The van der Waals surface area contributed by atoms with E-state index in [4.69, 9.17) is 5.73 Å². The van der Waals surface area contributed by atoms with Crippen LogP contribution < -0.4 is 10.5 Å². The summed E-state index contributed by atoms with van der Waals surface area (Å²) in [6, 6.07) is 6.92. The molecule has 0 aliphatic rings. The van der Waals surface area contributed by atoms with Gasteiger partial charge in [-0.15, -0.1) is 11.3 Å². The van der Waals surface area contributed by atoms with Gasteiger partial charge in [0.05, 0.1) is 4.90 Å². The zero-order valence-corrected chi connectivity index (χ0v) is 13.4. The number of nitrogen functional groups attached to an aromatic ring is 1. The zero-order valence-electron chi connectivity index (χ0n) is 11.7. The van der Waals surface area contributed by atoms with Crippen molar-refractivity contribution in [3.05, 3.63) is 45.1 Å². The van der Waals surface area contributed by atoms with Crippen LogP contribution in [0.25, 0.3) is 0 Å². The maximum absolute atomic E-state index is 12.3. The number of hydrogen-bond donors (Lipinski definition) is 2. The van der Waals surface area contributed by atoms with Crippen molar-refractivity contribution in [1.29, 1.82) is 0 Å². The third kappa shape index (κ3) is 3.03. The lowest BCUT2D eigenvalue weighted by atomic mass is 10.2. The summed E-state index contributed by atoms with van der Waals surface area (Å²) in [6.45, 7) is 6.06. The molecule has 3 N–H and O–H groups in total. The molecule has 1 aromatic carbocycles. The molecule has 0 aliphatic carbocycles. The molecule has 108 valence electrons. The highest BCUT2D eigenvalue weighted by Gasteiger charge is 2.17. The largest absolute Gasteiger partial charge is 0.398 e. The van der Waals surface area contributed by atoms with Crippen molar-refractivity contribution in [2.24, 2.45) is 0 Å². The molecule has 0 bridgehead atoms. The number of thiophene rings is 1.